The average Bonchev–Trinajstić information content (AvgIpc) is 2.64. The largest absolute Gasteiger partial charge is 0.268 e. The molecule has 2 aromatic carbocycles. The molecule has 4 rings (SSSR count). The summed E-state index contributed by atoms with van der Waals surface area (Å²) in [6.07, 6.45) is 3.46. The van der Waals surface area contributed by atoms with Crippen LogP contribution >= 0.6 is 0 Å². The molecule has 4 nitrogen and oxygen atoms in total. The lowest BCUT2D eigenvalue weighted by Gasteiger charge is -2.08. The van der Waals surface area contributed by atoms with E-state index in [-0.39, 0.29) is 5.56 Å². The van der Waals surface area contributed by atoms with Crippen LogP contribution < -0.4 is 5.56 Å². The molecule has 0 unspecified atom stereocenters. The van der Waals surface area contributed by atoms with Crippen molar-refractivity contribution in [1.82, 2.24) is 14.8 Å². The number of aromatic nitrogens is 3. The molecule has 0 atom stereocenters. The van der Waals surface area contributed by atoms with Crippen LogP contribution in [0.25, 0.3) is 22.0 Å². The van der Waals surface area contributed by atoms with Crippen LogP contribution in [0.15, 0.2) is 83.9 Å². The highest BCUT2D eigenvalue weighted by molar-refractivity contribution is 5.86. The van der Waals surface area contributed by atoms with E-state index >= 15 is 0 Å². The molecule has 0 radical (unpaired) electrons. The normalized spacial score (nSPS) is 10.8. The Labute approximate surface area is 139 Å². The highest BCUT2D eigenvalue weighted by atomic mass is 16.1. The number of rotatable bonds is 3. The molecular weight excluding hydrogens is 298 g/mol. The molecule has 0 fully saturated rings. The number of nitrogens with zero attached hydrogens (tertiary/aromatic N) is 3. The van der Waals surface area contributed by atoms with E-state index in [1.807, 2.05) is 30.3 Å². The molecule has 0 aliphatic heterocycles. The predicted octanol–water partition coefficient (Wildman–Crippen LogP) is 3.51. The van der Waals surface area contributed by atoms with Gasteiger partial charge < -0.3 is 0 Å². The molecule has 116 valence electrons. The molecule has 4 heteroatoms. The first kappa shape index (κ1) is 14.3. The van der Waals surface area contributed by atoms with Gasteiger partial charge in [-0.25, -0.2) is 4.68 Å². The van der Waals surface area contributed by atoms with E-state index in [9.17, 15) is 4.79 Å². The van der Waals surface area contributed by atoms with Gasteiger partial charge in [-0.2, -0.15) is 5.10 Å². The lowest BCUT2D eigenvalue weighted by molar-refractivity contribution is 0.641. The van der Waals surface area contributed by atoms with Crippen LogP contribution in [0.5, 0.6) is 0 Å². The Bertz CT molecular complexity index is 1050. The van der Waals surface area contributed by atoms with Crippen LogP contribution in [-0.2, 0) is 6.54 Å². The Morgan fingerprint density at radius 3 is 2.58 bits per heavy atom. The van der Waals surface area contributed by atoms with Gasteiger partial charge in [0.1, 0.15) is 0 Å². The molecule has 0 aliphatic carbocycles. The van der Waals surface area contributed by atoms with E-state index in [1.165, 1.54) is 10.1 Å². The third kappa shape index (κ3) is 2.82. The SMILES string of the molecule is O=c1ccc(-c2ccc3ccccc3c2)nn1Cc1cccnc1. The smallest absolute Gasteiger partial charge is 0.267 e. The number of hydrogen-bond acceptors (Lipinski definition) is 3. The highest BCUT2D eigenvalue weighted by Crippen LogP contribution is 2.22. The molecule has 0 aliphatic rings. The summed E-state index contributed by atoms with van der Waals surface area (Å²) in [6, 6.07) is 21.5. The van der Waals surface area contributed by atoms with E-state index in [1.54, 1.807) is 24.5 Å². The monoisotopic (exact) mass is 313 g/mol. The molecule has 4 aromatic rings. The quantitative estimate of drug-likeness (QED) is 0.581. The molecule has 0 saturated carbocycles. The van der Waals surface area contributed by atoms with Crippen molar-refractivity contribution in [3.63, 3.8) is 0 Å². The second kappa shape index (κ2) is 6.08. The maximum absolute atomic E-state index is 12.1. The molecule has 0 saturated heterocycles. The van der Waals surface area contributed by atoms with Gasteiger partial charge in [0, 0.05) is 24.0 Å². The molecule has 0 spiro atoms. The van der Waals surface area contributed by atoms with Crippen molar-refractivity contribution >= 4 is 10.8 Å². The molecule has 0 amide bonds. The van der Waals surface area contributed by atoms with E-state index < -0.39 is 0 Å². The van der Waals surface area contributed by atoms with Crippen LogP contribution in [0.2, 0.25) is 0 Å². The van der Waals surface area contributed by atoms with Gasteiger partial charge in [-0.3, -0.25) is 9.78 Å². The van der Waals surface area contributed by atoms with Crippen molar-refractivity contribution in [2.75, 3.05) is 0 Å². The van der Waals surface area contributed by atoms with Gasteiger partial charge in [-0.15, -0.1) is 0 Å². The number of pyridine rings is 1. The van der Waals surface area contributed by atoms with Gasteiger partial charge >= 0.3 is 0 Å². The zero-order valence-corrected chi connectivity index (χ0v) is 13.0. The lowest BCUT2D eigenvalue weighted by Crippen LogP contribution is -2.22. The van der Waals surface area contributed by atoms with Crippen LogP contribution in [0, 0.1) is 0 Å². The third-order valence-corrected chi connectivity index (χ3v) is 3.97. The van der Waals surface area contributed by atoms with Crippen LogP contribution in [0.4, 0.5) is 0 Å². The minimum Gasteiger partial charge on any atom is -0.268 e. The van der Waals surface area contributed by atoms with E-state index in [2.05, 4.69) is 34.3 Å². The summed E-state index contributed by atoms with van der Waals surface area (Å²) in [5, 5.41) is 6.86. The highest BCUT2D eigenvalue weighted by Gasteiger charge is 2.05. The zero-order valence-electron chi connectivity index (χ0n) is 13.0. The van der Waals surface area contributed by atoms with Gasteiger partial charge in [-0.1, -0.05) is 42.5 Å². The van der Waals surface area contributed by atoms with Crippen molar-refractivity contribution in [2.45, 2.75) is 6.54 Å². The molecule has 2 aromatic heterocycles. The second-order valence-corrected chi connectivity index (χ2v) is 5.64. The standard InChI is InChI=1S/C20H15N3O/c24-20-10-9-19(22-23(20)14-15-4-3-11-21-13-15)18-8-7-16-5-1-2-6-17(16)12-18/h1-13H,14H2. The van der Waals surface area contributed by atoms with Crippen molar-refractivity contribution in [2.24, 2.45) is 0 Å². The van der Waals surface area contributed by atoms with Crippen molar-refractivity contribution < 1.29 is 0 Å². The van der Waals surface area contributed by atoms with Crippen LogP contribution in [0.3, 0.4) is 0 Å². The minimum absolute atomic E-state index is 0.122. The summed E-state index contributed by atoms with van der Waals surface area (Å²) in [5.41, 5.74) is 2.60. The third-order valence-electron chi connectivity index (χ3n) is 3.97. The Kier molecular flexibility index (Phi) is 3.63. The summed E-state index contributed by atoms with van der Waals surface area (Å²) in [5.74, 6) is 0. The van der Waals surface area contributed by atoms with Gasteiger partial charge in [0.15, 0.2) is 0 Å². The molecular formula is C20H15N3O. The number of benzene rings is 2. The van der Waals surface area contributed by atoms with Gasteiger partial charge in [0.25, 0.3) is 5.56 Å². The number of fused-ring (bicyclic) bond motifs is 1. The summed E-state index contributed by atoms with van der Waals surface area (Å²) in [6.45, 7) is 0.411. The van der Waals surface area contributed by atoms with E-state index in [0.717, 1.165) is 22.2 Å². The fourth-order valence-corrected chi connectivity index (χ4v) is 2.73. The summed E-state index contributed by atoms with van der Waals surface area (Å²) < 4.78 is 1.47. The van der Waals surface area contributed by atoms with Crippen molar-refractivity contribution in [1.29, 1.82) is 0 Å². The zero-order chi connectivity index (χ0) is 16.4. The van der Waals surface area contributed by atoms with Crippen molar-refractivity contribution in [3.8, 4) is 11.3 Å². The summed E-state index contributed by atoms with van der Waals surface area (Å²) in [7, 11) is 0. The van der Waals surface area contributed by atoms with Gasteiger partial charge in [-0.05, 0) is 34.5 Å². The van der Waals surface area contributed by atoms with Crippen LogP contribution in [0.1, 0.15) is 5.56 Å². The predicted molar refractivity (Wildman–Crippen MR) is 94.8 cm³/mol. The maximum atomic E-state index is 12.1. The fraction of sp³-hybridized carbons (Fsp3) is 0.0500. The molecule has 0 N–H and O–H groups in total. The first-order chi connectivity index (χ1) is 11.8. The maximum Gasteiger partial charge on any atom is 0.267 e. The number of hydrogen-bond donors (Lipinski definition) is 0. The molecule has 24 heavy (non-hydrogen) atoms. The Morgan fingerprint density at radius 1 is 0.875 bits per heavy atom. The minimum atomic E-state index is -0.122. The lowest BCUT2D eigenvalue weighted by atomic mass is 10.1. The first-order valence-electron chi connectivity index (χ1n) is 7.76. The molecule has 0 bridgehead atoms. The Balaban J connectivity index is 1.75. The van der Waals surface area contributed by atoms with Gasteiger partial charge in [0.2, 0.25) is 0 Å². The van der Waals surface area contributed by atoms with E-state index in [4.69, 9.17) is 0 Å². The van der Waals surface area contributed by atoms with E-state index in [0.29, 0.717) is 6.54 Å². The topological polar surface area (TPSA) is 47.8 Å². The first-order valence-corrected chi connectivity index (χ1v) is 7.76. The average molecular weight is 313 g/mol. The Morgan fingerprint density at radius 2 is 1.75 bits per heavy atom. The summed E-state index contributed by atoms with van der Waals surface area (Å²) >= 11 is 0. The molecule has 2 heterocycles. The van der Waals surface area contributed by atoms with Gasteiger partial charge in [0.05, 0.1) is 12.2 Å². The fourth-order valence-electron chi connectivity index (χ4n) is 2.73. The Hall–Kier alpha value is -3.27. The second-order valence-electron chi connectivity index (χ2n) is 5.64. The van der Waals surface area contributed by atoms with Crippen LogP contribution in [-0.4, -0.2) is 14.8 Å². The van der Waals surface area contributed by atoms with Crippen molar-refractivity contribution in [3.05, 3.63) is 95.0 Å². The summed E-state index contributed by atoms with van der Waals surface area (Å²) in [4.78, 5) is 16.2.